The Kier molecular flexibility index (Phi) is 15.8. The molecule has 0 bridgehead atoms. The van der Waals surface area contributed by atoms with E-state index >= 15 is 0 Å². The summed E-state index contributed by atoms with van der Waals surface area (Å²) >= 11 is 5.95. The fourth-order valence-electron chi connectivity index (χ4n) is 1.20. The zero-order valence-electron chi connectivity index (χ0n) is 9.40. The molecule has 1 aromatic carbocycles. The Morgan fingerprint density at radius 1 is 1.29 bits per heavy atom. The van der Waals surface area contributed by atoms with E-state index in [-0.39, 0.29) is 47.4 Å². The number of benzene rings is 1. The Morgan fingerprint density at radius 2 is 1.82 bits per heavy atom. The molecule has 0 aliphatic carbocycles. The molecule has 0 aromatic heterocycles. The van der Waals surface area contributed by atoms with Crippen LogP contribution in [-0.2, 0) is 0 Å². The van der Waals surface area contributed by atoms with Gasteiger partial charge in [-0.15, -0.1) is 12.4 Å². The first kappa shape index (κ1) is 22.8. The van der Waals surface area contributed by atoms with Crippen molar-refractivity contribution in [2.75, 3.05) is 6.54 Å². The van der Waals surface area contributed by atoms with Crippen LogP contribution in [0.4, 0.5) is 0 Å². The van der Waals surface area contributed by atoms with Crippen molar-refractivity contribution < 1.29 is 10.6 Å². The van der Waals surface area contributed by atoms with Crippen molar-refractivity contribution in [2.45, 2.75) is 26.0 Å². The molecule has 0 radical (unpaired) electrons. The maximum atomic E-state index is 9.80. The number of rotatable bonds is 4. The second kappa shape index (κ2) is 11.8. The quantitative estimate of drug-likeness (QED) is 0.822. The average molecular weight is 292 g/mol. The molecule has 1 unspecified atom stereocenters. The molecule has 0 amide bonds. The van der Waals surface area contributed by atoms with E-state index in [9.17, 15) is 5.11 Å². The van der Waals surface area contributed by atoms with Crippen LogP contribution in [-0.4, -0.2) is 52.7 Å². The summed E-state index contributed by atoms with van der Waals surface area (Å²) in [5.74, 6) is 0. The molecule has 0 heterocycles. The van der Waals surface area contributed by atoms with E-state index in [4.69, 9.17) is 11.6 Å². The van der Waals surface area contributed by atoms with Crippen molar-refractivity contribution in [3.8, 4) is 0 Å². The second-order valence-corrected chi connectivity index (χ2v) is 4.01. The molecule has 1 atom stereocenters. The molecular formula is C11H20Cl2NNaO2. The van der Waals surface area contributed by atoms with Gasteiger partial charge in [-0.05, 0) is 6.07 Å². The Bertz CT molecular complexity index is 301. The van der Waals surface area contributed by atoms with Crippen molar-refractivity contribution in [2.24, 2.45) is 0 Å². The van der Waals surface area contributed by atoms with Crippen LogP contribution in [0.3, 0.4) is 0 Å². The minimum absolute atomic E-state index is 0. The first-order valence-electron chi connectivity index (χ1n) is 4.77. The van der Waals surface area contributed by atoms with Crippen LogP contribution in [0, 0.1) is 0 Å². The van der Waals surface area contributed by atoms with Crippen LogP contribution in [0.1, 0.15) is 25.5 Å². The van der Waals surface area contributed by atoms with Crippen LogP contribution in [0.2, 0.25) is 5.02 Å². The second-order valence-electron chi connectivity index (χ2n) is 3.60. The van der Waals surface area contributed by atoms with Crippen LogP contribution >= 0.6 is 24.0 Å². The number of aliphatic hydroxyl groups is 1. The molecule has 96 valence electrons. The summed E-state index contributed by atoms with van der Waals surface area (Å²) in [5, 5.41) is 13.6. The van der Waals surface area contributed by atoms with Crippen molar-refractivity contribution in [3.05, 3.63) is 34.9 Å². The summed E-state index contributed by atoms with van der Waals surface area (Å²) in [7, 11) is 0. The van der Waals surface area contributed by atoms with Crippen LogP contribution in [0.15, 0.2) is 24.3 Å². The van der Waals surface area contributed by atoms with E-state index in [1.54, 1.807) is 6.07 Å². The first-order valence-corrected chi connectivity index (χ1v) is 5.15. The van der Waals surface area contributed by atoms with Gasteiger partial charge in [0.05, 0.1) is 6.10 Å². The van der Waals surface area contributed by atoms with E-state index < -0.39 is 6.10 Å². The molecule has 0 saturated carbocycles. The van der Waals surface area contributed by atoms with Gasteiger partial charge in [0.1, 0.15) is 0 Å². The maximum absolute atomic E-state index is 9.80. The molecule has 6 heteroatoms. The summed E-state index contributed by atoms with van der Waals surface area (Å²) in [6.45, 7) is 4.61. The van der Waals surface area contributed by atoms with Gasteiger partial charge in [0.2, 0.25) is 0 Å². The summed E-state index contributed by atoms with van der Waals surface area (Å²) in [5.41, 5.74) is 0.780. The fourth-order valence-corrected chi connectivity index (χ4v) is 1.46. The van der Waals surface area contributed by atoms with Gasteiger partial charge < -0.3 is 15.9 Å². The summed E-state index contributed by atoms with van der Waals surface area (Å²) in [6, 6.07) is 7.73. The van der Waals surface area contributed by atoms with E-state index in [0.717, 1.165) is 5.56 Å². The van der Waals surface area contributed by atoms with Crippen LogP contribution < -0.4 is 5.32 Å². The van der Waals surface area contributed by atoms with E-state index in [2.05, 4.69) is 5.32 Å². The summed E-state index contributed by atoms with van der Waals surface area (Å²) in [6.07, 6.45) is -0.536. The molecule has 1 aromatic rings. The third-order valence-electron chi connectivity index (χ3n) is 1.98. The van der Waals surface area contributed by atoms with Gasteiger partial charge in [-0.1, -0.05) is 43.6 Å². The molecule has 0 fully saturated rings. The monoisotopic (exact) mass is 291 g/mol. The molecule has 0 spiro atoms. The third-order valence-corrected chi connectivity index (χ3v) is 2.33. The summed E-state index contributed by atoms with van der Waals surface area (Å²) < 4.78 is 0. The van der Waals surface area contributed by atoms with Crippen molar-refractivity contribution in [1.29, 1.82) is 0 Å². The summed E-state index contributed by atoms with van der Waals surface area (Å²) in [4.78, 5) is 0. The van der Waals surface area contributed by atoms with Gasteiger partial charge in [-0.3, -0.25) is 0 Å². The SMILES string of the molecule is CC(C)NCC(O)c1ccccc1Cl.Cl.O.[NaH]. The average Bonchev–Trinajstić information content (AvgIpc) is 2.15. The standard InChI is InChI=1S/C11H16ClNO.ClH.Na.H2O.H/c1-8(2)13-7-11(14)9-5-3-4-6-10(9)12;;;;/h3-6,8,11,13-14H,7H2,1-2H3;1H;;1H2;. The zero-order valence-corrected chi connectivity index (χ0v) is 11.0. The molecule has 3 nitrogen and oxygen atoms in total. The van der Waals surface area contributed by atoms with Gasteiger partial charge in [-0.2, -0.15) is 0 Å². The fraction of sp³-hybridized carbons (Fsp3) is 0.455. The van der Waals surface area contributed by atoms with Gasteiger partial charge >= 0.3 is 29.6 Å². The van der Waals surface area contributed by atoms with E-state index in [1.807, 2.05) is 32.0 Å². The molecule has 4 N–H and O–H groups in total. The normalized spacial score (nSPS) is 10.9. The third kappa shape index (κ3) is 8.41. The predicted molar refractivity (Wildman–Crippen MR) is 77.6 cm³/mol. The van der Waals surface area contributed by atoms with Crippen LogP contribution in [0.25, 0.3) is 0 Å². The van der Waals surface area contributed by atoms with E-state index in [0.29, 0.717) is 17.6 Å². The van der Waals surface area contributed by atoms with Gasteiger partial charge in [0, 0.05) is 23.2 Å². The van der Waals surface area contributed by atoms with Gasteiger partial charge in [0.25, 0.3) is 0 Å². The van der Waals surface area contributed by atoms with Crippen molar-refractivity contribution in [1.82, 2.24) is 5.32 Å². The molecule has 1 rings (SSSR count). The Hall–Kier alpha value is 0.680. The predicted octanol–water partition coefficient (Wildman–Crippen LogP) is 1.32. The Balaban J connectivity index is -0.000000653. The van der Waals surface area contributed by atoms with Crippen molar-refractivity contribution >= 4 is 53.6 Å². The van der Waals surface area contributed by atoms with Gasteiger partial charge in [-0.25, -0.2) is 0 Å². The minimum atomic E-state index is -0.536. The van der Waals surface area contributed by atoms with E-state index in [1.165, 1.54) is 0 Å². The zero-order chi connectivity index (χ0) is 10.6. The van der Waals surface area contributed by atoms with Crippen molar-refractivity contribution in [3.63, 3.8) is 0 Å². The molecule has 0 aliphatic rings. The number of halogens is 2. The molecule has 0 aliphatic heterocycles. The Morgan fingerprint density at radius 3 is 2.29 bits per heavy atom. The first-order chi connectivity index (χ1) is 6.61. The Labute approximate surface area is 136 Å². The van der Waals surface area contributed by atoms with Crippen LogP contribution in [0.5, 0.6) is 0 Å². The molecular weight excluding hydrogens is 272 g/mol. The molecule has 0 saturated heterocycles. The number of aliphatic hydroxyl groups excluding tert-OH is 1. The number of nitrogens with one attached hydrogen (secondary N) is 1. The number of hydrogen-bond acceptors (Lipinski definition) is 2. The molecule has 17 heavy (non-hydrogen) atoms. The topological polar surface area (TPSA) is 63.8 Å². The number of hydrogen-bond donors (Lipinski definition) is 2. The van der Waals surface area contributed by atoms with Gasteiger partial charge in [0.15, 0.2) is 0 Å².